The lowest BCUT2D eigenvalue weighted by atomic mass is 10.1. The fraction of sp³-hybridized carbons (Fsp3) is 0.250. The summed E-state index contributed by atoms with van der Waals surface area (Å²) in [5.41, 5.74) is 5.85. The van der Waals surface area contributed by atoms with Gasteiger partial charge in [0.25, 0.3) is 0 Å². The number of carbonyl (C=O) groups excluding carboxylic acids is 1. The van der Waals surface area contributed by atoms with Crippen LogP contribution in [0.2, 0.25) is 0 Å². The molecule has 0 atom stereocenters. The van der Waals surface area contributed by atoms with Gasteiger partial charge in [-0.25, -0.2) is 14.8 Å². The molecule has 0 bridgehead atoms. The Labute approximate surface area is 147 Å². The molecule has 0 amide bonds. The Morgan fingerprint density at radius 1 is 1.00 bits per heavy atom. The van der Waals surface area contributed by atoms with E-state index in [0.717, 1.165) is 27.9 Å². The van der Waals surface area contributed by atoms with Gasteiger partial charge < -0.3 is 10.1 Å². The van der Waals surface area contributed by atoms with Crippen molar-refractivity contribution in [2.45, 2.75) is 27.7 Å². The Balaban J connectivity index is 2.12. The summed E-state index contributed by atoms with van der Waals surface area (Å²) in [5, 5.41) is 3.19. The van der Waals surface area contributed by atoms with Gasteiger partial charge in [0.15, 0.2) is 11.5 Å². The molecule has 0 radical (unpaired) electrons. The minimum absolute atomic E-state index is 0.193. The van der Waals surface area contributed by atoms with Crippen LogP contribution in [0.4, 0.5) is 11.5 Å². The summed E-state index contributed by atoms with van der Waals surface area (Å²) in [6.07, 6.45) is 0. The molecule has 0 saturated heterocycles. The molecule has 2 aromatic carbocycles. The van der Waals surface area contributed by atoms with Crippen molar-refractivity contribution in [1.29, 1.82) is 0 Å². The van der Waals surface area contributed by atoms with Gasteiger partial charge in [-0.2, -0.15) is 0 Å². The van der Waals surface area contributed by atoms with E-state index in [1.54, 1.807) is 6.92 Å². The van der Waals surface area contributed by atoms with Gasteiger partial charge >= 0.3 is 5.97 Å². The molecule has 0 unspecified atom stereocenters. The number of nitrogens with one attached hydrogen (secondary N) is 1. The van der Waals surface area contributed by atoms with Gasteiger partial charge in [0.05, 0.1) is 17.6 Å². The van der Waals surface area contributed by atoms with E-state index in [1.807, 2.05) is 57.2 Å². The topological polar surface area (TPSA) is 64.1 Å². The zero-order chi connectivity index (χ0) is 18.0. The minimum atomic E-state index is -0.482. The molecule has 0 saturated carbocycles. The normalized spacial score (nSPS) is 10.7. The first-order chi connectivity index (χ1) is 12.0. The van der Waals surface area contributed by atoms with Gasteiger partial charge in [0.2, 0.25) is 0 Å². The Hall–Kier alpha value is -2.95. The number of rotatable bonds is 4. The van der Waals surface area contributed by atoms with Crippen LogP contribution in [0.1, 0.15) is 34.1 Å². The van der Waals surface area contributed by atoms with E-state index in [1.165, 1.54) is 0 Å². The second-order valence-electron chi connectivity index (χ2n) is 6.06. The summed E-state index contributed by atoms with van der Waals surface area (Å²) in [4.78, 5) is 21.5. The molecule has 1 aromatic heterocycles. The number of aryl methyl sites for hydroxylation is 3. The fourth-order valence-corrected chi connectivity index (χ4v) is 2.51. The number of hydrogen-bond acceptors (Lipinski definition) is 5. The number of fused-ring (bicyclic) bond motifs is 1. The van der Waals surface area contributed by atoms with Crippen LogP contribution in [-0.2, 0) is 4.74 Å². The van der Waals surface area contributed by atoms with Gasteiger partial charge in [-0.1, -0.05) is 17.7 Å². The molecule has 3 rings (SSSR count). The molecular formula is C20H21N3O2. The monoisotopic (exact) mass is 335 g/mol. The molecule has 3 aromatic rings. The molecule has 25 heavy (non-hydrogen) atoms. The molecule has 0 aliphatic rings. The van der Waals surface area contributed by atoms with Crippen LogP contribution < -0.4 is 5.32 Å². The van der Waals surface area contributed by atoms with Crippen molar-refractivity contribution in [2.24, 2.45) is 0 Å². The number of benzene rings is 2. The molecule has 5 nitrogen and oxygen atoms in total. The third-order valence-corrected chi connectivity index (χ3v) is 4.06. The van der Waals surface area contributed by atoms with Crippen molar-refractivity contribution in [3.63, 3.8) is 0 Å². The van der Waals surface area contributed by atoms with E-state index in [0.29, 0.717) is 11.3 Å². The summed E-state index contributed by atoms with van der Waals surface area (Å²) in [5.74, 6) is -0.0807. The summed E-state index contributed by atoms with van der Waals surface area (Å²) < 4.78 is 5.15. The van der Waals surface area contributed by atoms with Crippen LogP contribution in [0.15, 0.2) is 36.4 Å². The first-order valence-electron chi connectivity index (χ1n) is 8.27. The van der Waals surface area contributed by atoms with Crippen molar-refractivity contribution in [2.75, 3.05) is 11.9 Å². The lowest BCUT2D eigenvalue weighted by Crippen LogP contribution is -2.12. The molecule has 5 heteroatoms. The van der Waals surface area contributed by atoms with Gasteiger partial charge in [-0.15, -0.1) is 0 Å². The van der Waals surface area contributed by atoms with Crippen LogP contribution in [0.3, 0.4) is 0 Å². The van der Waals surface area contributed by atoms with Crippen molar-refractivity contribution in [3.8, 4) is 0 Å². The van der Waals surface area contributed by atoms with Gasteiger partial charge in [-0.05, 0) is 63.1 Å². The zero-order valence-corrected chi connectivity index (χ0v) is 14.9. The number of esters is 1. The number of anilines is 2. The van der Waals surface area contributed by atoms with E-state index >= 15 is 0 Å². The fourth-order valence-electron chi connectivity index (χ4n) is 2.51. The Morgan fingerprint density at radius 2 is 1.60 bits per heavy atom. The van der Waals surface area contributed by atoms with E-state index in [-0.39, 0.29) is 12.3 Å². The molecular weight excluding hydrogens is 314 g/mol. The highest BCUT2D eigenvalue weighted by molar-refractivity contribution is 5.96. The highest BCUT2D eigenvalue weighted by atomic mass is 16.5. The average Bonchev–Trinajstić information content (AvgIpc) is 2.58. The number of carbonyl (C=O) groups is 1. The second-order valence-corrected chi connectivity index (χ2v) is 6.06. The standard InChI is InChI=1S/C20H21N3O2/c1-5-25-20(24)18-19(21-15-8-6-12(2)7-9-15)23-17-11-14(4)13(3)10-16(17)22-18/h6-11H,5H2,1-4H3,(H,21,23). The Bertz CT molecular complexity index is 934. The highest BCUT2D eigenvalue weighted by Gasteiger charge is 2.18. The maximum absolute atomic E-state index is 12.3. The van der Waals surface area contributed by atoms with Crippen molar-refractivity contribution < 1.29 is 9.53 Å². The quantitative estimate of drug-likeness (QED) is 0.712. The predicted molar refractivity (Wildman–Crippen MR) is 99.4 cm³/mol. The lowest BCUT2D eigenvalue weighted by molar-refractivity contribution is 0.0521. The summed E-state index contributed by atoms with van der Waals surface area (Å²) >= 11 is 0. The van der Waals surface area contributed by atoms with Crippen LogP contribution in [0, 0.1) is 20.8 Å². The Kier molecular flexibility index (Phi) is 4.65. The molecule has 0 fully saturated rings. The Morgan fingerprint density at radius 3 is 2.20 bits per heavy atom. The van der Waals surface area contributed by atoms with Gasteiger partial charge in [0.1, 0.15) is 0 Å². The van der Waals surface area contributed by atoms with E-state index in [4.69, 9.17) is 4.74 Å². The van der Waals surface area contributed by atoms with Gasteiger partial charge in [-0.3, -0.25) is 0 Å². The summed E-state index contributed by atoms with van der Waals surface area (Å²) in [6.45, 7) is 8.12. The average molecular weight is 335 g/mol. The second kappa shape index (κ2) is 6.89. The molecule has 1 N–H and O–H groups in total. The first-order valence-corrected chi connectivity index (χ1v) is 8.27. The SMILES string of the molecule is CCOC(=O)c1nc2cc(C)c(C)cc2nc1Nc1ccc(C)cc1. The van der Waals surface area contributed by atoms with Crippen LogP contribution in [0.5, 0.6) is 0 Å². The predicted octanol–water partition coefficient (Wildman–Crippen LogP) is 4.48. The van der Waals surface area contributed by atoms with Gasteiger partial charge in [0, 0.05) is 5.69 Å². The number of hydrogen-bond donors (Lipinski definition) is 1. The third-order valence-electron chi connectivity index (χ3n) is 4.06. The molecule has 128 valence electrons. The molecule has 0 aliphatic heterocycles. The number of aromatic nitrogens is 2. The van der Waals surface area contributed by atoms with Crippen molar-refractivity contribution in [1.82, 2.24) is 9.97 Å². The van der Waals surface area contributed by atoms with Crippen LogP contribution in [0.25, 0.3) is 11.0 Å². The maximum atomic E-state index is 12.3. The summed E-state index contributed by atoms with van der Waals surface area (Å²) in [7, 11) is 0. The van der Waals surface area contributed by atoms with Crippen molar-refractivity contribution >= 4 is 28.5 Å². The zero-order valence-electron chi connectivity index (χ0n) is 14.9. The molecule has 0 aliphatic carbocycles. The maximum Gasteiger partial charge on any atom is 0.360 e. The molecule has 0 spiro atoms. The molecule has 1 heterocycles. The first kappa shape index (κ1) is 16.9. The van der Waals surface area contributed by atoms with E-state index in [2.05, 4.69) is 15.3 Å². The van der Waals surface area contributed by atoms with E-state index < -0.39 is 5.97 Å². The number of nitrogens with zero attached hydrogens (tertiary/aromatic N) is 2. The highest BCUT2D eigenvalue weighted by Crippen LogP contribution is 2.24. The largest absolute Gasteiger partial charge is 0.461 e. The third kappa shape index (κ3) is 3.60. The minimum Gasteiger partial charge on any atom is -0.461 e. The van der Waals surface area contributed by atoms with E-state index in [9.17, 15) is 4.79 Å². The van der Waals surface area contributed by atoms with Crippen LogP contribution >= 0.6 is 0 Å². The van der Waals surface area contributed by atoms with Crippen molar-refractivity contribution in [3.05, 3.63) is 58.8 Å². The van der Waals surface area contributed by atoms with Crippen LogP contribution in [-0.4, -0.2) is 22.5 Å². The lowest BCUT2D eigenvalue weighted by Gasteiger charge is -2.12. The summed E-state index contributed by atoms with van der Waals surface area (Å²) in [6, 6.07) is 11.8. The smallest absolute Gasteiger partial charge is 0.360 e. The number of ether oxygens (including phenoxy) is 1.